The van der Waals surface area contributed by atoms with Crippen molar-refractivity contribution < 1.29 is 4.39 Å². The molecule has 18 heavy (non-hydrogen) atoms. The smallest absolute Gasteiger partial charge is 0.123 e. The van der Waals surface area contributed by atoms with Gasteiger partial charge in [0.15, 0.2) is 0 Å². The second-order valence-electron chi connectivity index (χ2n) is 4.64. The number of aryl methyl sites for hydroxylation is 2. The summed E-state index contributed by atoms with van der Waals surface area (Å²) in [6.07, 6.45) is 0.758. The monoisotopic (exact) mass is 262 g/mol. The minimum Gasteiger partial charge on any atom is -0.207 e. The Kier molecular flexibility index (Phi) is 4.03. The minimum absolute atomic E-state index is 0.118. The fourth-order valence-corrected chi connectivity index (χ4v) is 2.25. The first kappa shape index (κ1) is 13.1. The number of hydrogen-bond donors (Lipinski definition) is 0. The average Bonchev–Trinajstić information content (AvgIpc) is 2.34. The highest BCUT2D eigenvalue weighted by Gasteiger charge is 2.09. The topological polar surface area (TPSA) is 0 Å². The summed E-state index contributed by atoms with van der Waals surface area (Å²) in [5.74, 6) is -0.228. The summed E-state index contributed by atoms with van der Waals surface area (Å²) >= 11 is 6.36. The summed E-state index contributed by atoms with van der Waals surface area (Å²) in [5, 5.41) is -0.118. The molecule has 2 rings (SSSR count). The standard InChI is InChI=1S/C16H16ClF/c1-11-3-4-13(9-12(11)2)10-16(17)14-5-7-15(18)8-6-14/h3-9,16H,10H2,1-2H3. The number of benzene rings is 2. The van der Waals surface area contributed by atoms with Gasteiger partial charge in [0, 0.05) is 0 Å². The first-order valence-electron chi connectivity index (χ1n) is 6.02. The van der Waals surface area contributed by atoms with Crippen LogP contribution >= 0.6 is 11.6 Å². The average molecular weight is 263 g/mol. The van der Waals surface area contributed by atoms with Crippen molar-refractivity contribution in [3.63, 3.8) is 0 Å². The molecule has 1 atom stereocenters. The van der Waals surface area contributed by atoms with Crippen LogP contribution in [0.2, 0.25) is 0 Å². The summed E-state index contributed by atoms with van der Waals surface area (Å²) in [7, 11) is 0. The van der Waals surface area contributed by atoms with Crippen LogP contribution in [-0.2, 0) is 6.42 Å². The Balaban J connectivity index is 2.13. The molecule has 2 heteroatoms. The Morgan fingerprint density at radius 3 is 2.28 bits per heavy atom. The molecule has 2 aromatic carbocycles. The highest BCUT2D eigenvalue weighted by molar-refractivity contribution is 6.20. The summed E-state index contributed by atoms with van der Waals surface area (Å²) in [5.41, 5.74) is 4.72. The van der Waals surface area contributed by atoms with Crippen LogP contribution < -0.4 is 0 Å². The predicted molar refractivity (Wildman–Crippen MR) is 74.6 cm³/mol. The summed E-state index contributed by atoms with van der Waals surface area (Å²) in [4.78, 5) is 0. The molecule has 0 heterocycles. The van der Waals surface area contributed by atoms with Crippen LogP contribution in [0, 0.1) is 19.7 Å². The van der Waals surface area contributed by atoms with E-state index in [-0.39, 0.29) is 11.2 Å². The van der Waals surface area contributed by atoms with Crippen molar-refractivity contribution in [1.82, 2.24) is 0 Å². The molecule has 0 N–H and O–H groups in total. The second kappa shape index (κ2) is 5.53. The molecule has 0 fully saturated rings. The summed E-state index contributed by atoms with van der Waals surface area (Å²) in [6.45, 7) is 4.19. The van der Waals surface area contributed by atoms with Gasteiger partial charge in [-0.15, -0.1) is 11.6 Å². The molecule has 0 amide bonds. The highest BCUT2D eigenvalue weighted by atomic mass is 35.5. The van der Waals surface area contributed by atoms with Gasteiger partial charge in [0.05, 0.1) is 5.38 Å². The van der Waals surface area contributed by atoms with Crippen LogP contribution in [0.4, 0.5) is 4.39 Å². The molecule has 0 saturated heterocycles. The summed E-state index contributed by atoms with van der Waals surface area (Å²) < 4.78 is 12.8. The zero-order chi connectivity index (χ0) is 13.1. The lowest BCUT2D eigenvalue weighted by molar-refractivity contribution is 0.626. The fourth-order valence-electron chi connectivity index (χ4n) is 1.93. The van der Waals surface area contributed by atoms with Gasteiger partial charge in [0.2, 0.25) is 0 Å². The Bertz CT molecular complexity index is 531. The van der Waals surface area contributed by atoms with Gasteiger partial charge in [-0.05, 0) is 54.7 Å². The van der Waals surface area contributed by atoms with Crippen molar-refractivity contribution >= 4 is 11.6 Å². The Labute approximate surface area is 112 Å². The van der Waals surface area contributed by atoms with E-state index in [0.717, 1.165) is 12.0 Å². The fraction of sp³-hybridized carbons (Fsp3) is 0.250. The Morgan fingerprint density at radius 1 is 1.00 bits per heavy atom. The van der Waals surface area contributed by atoms with Crippen LogP contribution in [0.3, 0.4) is 0 Å². The van der Waals surface area contributed by atoms with Crippen LogP contribution in [0.5, 0.6) is 0 Å². The molecule has 1 unspecified atom stereocenters. The van der Waals surface area contributed by atoms with E-state index in [1.165, 1.54) is 28.8 Å². The summed E-state index contributed by atoms with van der Waals surface area (Å²) in [6, 6.07) is 12.8. The number of hydrogen-bond acceptors (Lipinski definition) is 0. The van der Waals surface area contributed by atoms with E-state index in [0.29, 0.717) is 0 Å². The molecule has 0 nitrogen and oxygen atoms in total. The van der Waals surface area contributed by atoms with Crippen molar-refractivity contribution in [2.45, 2.75) is 25.6 Å². The van der Waals surface area contributed by atoms with Gasteiger partial charge in [0.25, 0.3) is 0 Å². The van der Waals surface area contributed by atoms with E-state index in [1.807, 2.05) is 0 Å². The van der Waals surface area contributed by atoms with Gasteiger partial charge in [0.1, 0.15) is 5.82 Å². The maximum Gasteiger partial charge on any atom is 0.123 e. The zero-order valence-corrected chi connectivity index (χ0v) is 11.3. The number of rotatable bonds is 3. The maximum absolute atomic E-state index is 12.8. The van der Waals surface area contributed by atoms with Crippen LogP contribution in [0.25, 0.3) is 0 Å². The van der Waals surface area contributed by atoms with Crippen molar-refractivity contribution in [2.24, 2.45) is 0 Å². The highest BCUT2D eigenvalue weighted by Crippen LogP contribution is 2.25. The van der Waals surface area contributed by atoms with Crippen LogP contribution in [-0.4, -0.2) is 0 Å². The number of alkyl halides is 1. The van der Waals surface area contributed by atoms with Gasteiger partial charge >= 0.3 is 0 Å². The van der Waals surface area contributed by atoms with Crippen LogP contribution in [0.15, 0.2) is 42.5 Å². The quantitative estimate of drug-likeness (QED) is 0.686. The van der Waals surface area contributed by atoms with Crippen molar-refractivity contribution in [3.8, 4) is 0 Å². The SMILES string of the molecule is Cc1ccc(CC(Cl)c2ccc(F)cc2)cc1C. The molecule has 94 valence electrons. The molecule has 0 aromatic heterocycles. The largest absolute Gasteiger partial charge is 0.207 e. The number of halogens is 2. The van der Waals surface area contributed by atoms with E-state index in [9.17, 15) is 4.39 Å². The lowest BCUT2D eigenvalue weighted by Gasteiger charge is -2.11. The molecular weight excluding hydrogens is 247 g/mol. The molecule has 0 aliphatic carbocycles. The molecule has 0 bridgehead atoms. The first-order chi connectivity index (χ1) is 8.56. The predicted octanol–water partition coefficient (Wildman–Crippen LogP) is 4.97. The zero-order valence-electron chi connectivity index (χ0n) is 10.6. The lowest BCUT2D eigenvalue weighted by Crippen LogP contribution is -1.97. The normalized spacial score (nSPS) is 12.4. The van der Waals surface area contributed by atoms with Crippen LogP contribution in [0.1, 0.15) is 27.6 Å². The molecule has 0 aliphatic rings. The van der Waals surface area contributed by atoms with E-state index < -0.39 is 0 Å². The van der Waals surface area contributed by atoms with Crippen molar-refractivity contribution in [3.05, 3.63) is 70.5 Å². The lowest BCUT2D eigenvalue weighted by atomic mass is 10.0. The van der Waals surface area contributed by atoms with Crippen molar-refractivity contribution in [2.75, 3.05) is 0 Å². The van der Waals surface area contributed by atoms with E-state index in [2.05, 4.69) is 32.0 Å². The van der Waals surface area contributed by atoms with E-state index >= 15 is 0 Å². The van der Waals surface area contributed by atoms with Gasteiger partial charge in [-0.3, -0.25) is 0 Å². The maximum atomic E-state index is 12.8. The first-order valence-corrected chi connectivity index (χ1v) is 6.45. The third-order valence-corrected chi connectivity index (χ3v) is 3.62. The third kappa shape index (κ3) is 3.11. The Morgan fingerprint density at radius 2 is 1.67 bits per heavy atom. The molecule has 0 saturated carbocycles. The van der Waals surface area contributed by atoms with E-state index in [1.54, 1.807) is 12.1 Å². The van der Waals surface area contributed by atoms with Gasteiger partial charge in [-0.1, -0.05) is 30.3 Å². The Hall–Kier alpha value is -1.34. The molecule has 0 spiro atoms. The molecular formula is C16H16ClF. The molecule has 2 aromatic rings. The second-order valence-corrected chi connectivity index (χ2v) is 5.17. The molecule has 0 aliphatic heterocycles. The minimum atomic E-state index is -0.228. The molecule has 0 radical (unpaired) electrons. The van der Waals surface area contributed by atoms with Crippen molar-refractivity contribution in [1.29, 1.82) is 0 Å². The van der Waals surface area contributed by atoms with Gasteiger partial charge in [-0.2, -0.15) is 0 Å². The van der Waals surface area contributed by atoms with Gasteiger partial charge < -0.3 is 0 Å². The van der Waals surface area contributed by atoms with Gasteiger partial charge in [-0.25, -0.2) is 4.39 Å². The van der Waals surface area contributed by atoms with E-state index in [4.69, 9.17) is 11.6 Å². The third-order valence-electron chi connectivity index (χ3n) is 3.22.